The number of anilines is 1. The lowest BCUT2D eigenvalue weighted by Crippen LogP contribution is -2.19. The monoisotopic (exact) mass is 365 g/mol. The second-order valence-corrected chi connectivity index (χ2v) is 8.31. The third kappa shape index (κ3) is 3.18. The van der Waals surface area contributed by atoms with Crippen LogP contribution in [0.15, 0.2) is 17.2 Å². The maximum atomic E-state index is 12.9. The second-order valence-electron chi connectivity index (χ2n) is 6.68. The Balaban J connectivity index is 1.61. The van der Waals surface area contributed by atoms with E-state index in [-0.39, 0.29) is 11.1 Å². The van der Waals surface area contributed by atoms with Gasteiger partial charge in [-0.1, -0.05) is 0 Å². The molecular weight excluding hydrogens is 342 g/mol. The van der Waals surface area contributed by atoms with Crippen LogP contribution in [-0.2, 0) is 28.4 Å². The van der Waals surface area contributed by atoms with Gasteiger partial charge >= 0.3 is 0 Å². The summed E-state index contributed by atoms with van der Waals surface area (Å²) in [6.45, 7) is 3.12. The molecule has 0 aromatic carbocycles. The van der Waals surface area contributed by atoms with Crippen LogP contribution in [0.4, 0.5) is 5.82 Å². The summed E-state index contributed by atoms with van der Waals surface area (Å²) in [5.41, 5.74) is 1.63. The highest BCUT2D eigenvalue weighted by molar-refractivity contribution is 7.92. The van der Waals surface area contributed by atoms with E-state index in [1.54, 1.807) is 28.5 Å². The van der Waals surface area contributed by atoms with Crippen molar-refractivity contribution < 1.29 is 13.2 Å². The summed E-state index contributed by atoms with van der Waals surface area (Å²) in [5, 5.41) is 9.05. The van der Waals surface area contributed by atoms with Gasteiger partial charge in [0.2, 0.25) is 0 Å². The summed E-state index contributed by atoms with van der Waals surface area (Å²) in [7, 11) is -2.00. The first-order valence-corrected chi connectivity index (χ1v) is 10.2. The van der Waals surface area contributed by atoms with Gasteiger partial charge in [-0.3, -0.25) is 14.1 Å². The minimum Gasteiger partial charge on any atom is -0.372 e. The number of aromatic nitrogens is 4. The first kappa shape index (κ1) is 16.6. The minimum absolute atomic E-state index is 0.0490. The topological polar surface area (TPSA) is 91.0 Å². The van der Waals surface area contributed by atoms with Gasteiger partial charge in [0.05, 0.1) is 11.4 Å². The van der Waals surface area contributed by atoms with Crippen LogP contribution in [0.1, 0.15) is 56.0 Å². The lowest BCUT2D eigenvalue weighted by atomic mass is 10.2. The van der Waals surface area contributed by atoms with Crippen molar-refractivity contribution in [2.75, 3.05) is 11.3 Å². The van der Waals surface area contributed by atoms with Gasteiger partial charge in [-0.2, -0.15) is 18.6 Å². The number of sulfonamides is 1. The number of ether oxygens (including phenoxy) is 1. The van der Waals surface area contributed by atoms with E-state index in [2.05, 4.69) is 14.9 Å². The smallest absolute Gasteiger partial charge is 0.280 e. The van der Waals surface area contributed by atoms with Crippen molar-refractivity contribution in [1.82, 2.24) is 19.6 Å². The Morgan fingerprint density at radius 3 is 2.68 bits per heavy atom. The van der Waals surface area contributed by atoms with Crippen LogP contribution < -0.4 is 4.72 Å². The second kappa shape index (κ2) is 6.14. The molecule has 0 amide bonds. The van der Waals surface area contributed by atoms with Crippen molar-refractivity contribution in [3.63, 3.8) is 0 Å². The van der Waals surface area contributed by atoms with Crippen LogP contribution in [0.25, 0.3) is 0 Å². The number of nitrogens with one attached hydrogen (secondary N) is 1. The van der Waals surface area contributed by atoms with E-state index in [9.17, 15) is 8.42 Å². The lowest BCUT2D eigenvalue weighted by molar-refractivity contribution is 0.108. The van der Waals surface area contributed by atoms with Crippen LogP contribution in [0.5, 0.6) is 0 Å². The third-order valence-electron chi connectivity index (χ3n) is 4.73. The molecule has 0 bridgehead atoms. The average Bonchev–Trinajstić information content (AvgIpc) is 3.01. The zero-order chi connectivity index (χ0) is 17.6. The fourth-order valence-electron chi connectivity index (χ4n) is 3.18. The first-order chi connectivity index (χ1) is 12.0. The van der Waals surface area contributed by atoms with Crippen LogP contribution in [-0.4, -0.2) is 34.6 Å². The molecule has 1 atom stereocenters. The van der Waals surface area contributed by atoms with Crippen molar-refractivity contribution in [2.45, 2.75) is 56.2 Å². The van der Waals surface area contributed by atoms with E-state index < -0.39 is 10.0 Å². The molecule has 1 unspecified atom stereocenters. The normalized spacial score (nSPS) is 21.0. The maximum Gasteiger partial charge on any atom is 0.280 e. The van der Waals surface area contributed by atoms with Crippen molar-refractivity contribution in [3.8, 4) is 0 Å². The summed E-state index contributed by atoms with van der Waals surface area (Å²) in [4.78, 5) is 0. The molecule has 0 spiro atoms. The van der Waals surface area contributed by atoms with Crippen LogP contribution in [0, 0.1) is 0 Å². The number of rotatable bonds is 6. The number of aryl methyl sites for hydroxylation is 2. The van der Waals surface area contributed by atoms with E-state index in [1.807, 2.05) is 6.92 Å². The van der Waals surface area contributed by atoms with Gasteiger partial charge in [-0.05, 0) is 32.6 Å². The maximum absolute atomic E-state index is 12.9. The zero-order valence-electron chi connectivity index (χ0n) is 14.5. The Morgan fingerprint density at radius 1 is 1.24 bits per heavy atom. The summed E-state index contributed by atoms with van der Waals surface area (Å²) in [6.07, 6.45) is 4.03. The van der Waals surface area contributed by atoms with Gasteiger partial charge < -0.3 is 4.74 Å². The van der Waals surface area contributed by atoms with E-state index in [0.29, 0.717) is 18.3 Å². The van der Waals surface area contributed by atoms with Crippen LogP contribution >= 0.6 is 0 Å². The van der Waals surface area contributed by atoms with E-state index >= 15 is 0 Å². The quantitative estimate of drug-likeness (QED) is 0.847. The Bertz CT molecular complexity index is 876. The number of nitrogens with zero attached hydrogens (tertiary/aromatic N) is 4. The molecule has 0 radical (unpaired) electrons. The highest BCUT2D eigenvalue weighted by atomic mass is 32.2. The van der Waals surface area contributed by atoms with Gasteiger partial charge in [0.1, 0.15) is 11.9 Å². The van der Waals surface area contributed by atoms with Crippen molar-refractivity contribution >= 4 is 15.8 Å². The molecule has 25 heavy (non-hydrogen) atoms. The molecule has 1 saturated carbocycles. The molecule has 1 aliphatic heterocycles. The molecule has 2 aromatic heterocycles. The largest absolute Gasteiger partial charge is 0.372 e. The van der Waals surface area contributed by atoms with Crippen molar-refractivity contribution in [1.29, 1.82) is 0 Å². The summed E-state index contributed by atoms with van der Waals surface area (Å²) < 4.78 is 37.1. The lowest BCUT2D eigenvalue weighted by Gasteiger charge is -2.08. The first-order valence-electron chi connectivity index (χ1n) is 8.74. The van der Waals surface area contributed by atoms with E-state index in [1.165, 1.54) is 0 Å². The molecule has 3 heterocycles. The summed E-state index contributed by atoms with van der Waals surface area (Å²) >= 11 is 0. The fourth-order valence-corrected chi connectivity index (χ4v) is 4.48. The SMILES string of the molecule is CCn1nc(C2CC2)cc1S(=O)(=O)Nc1cc(C2CCCO2)nn1C. The minimum atomic E-state index is -3.72. The Morgan fingerprint density at radius 2 is 2.04 bits per heavy atom. The van der Waals surface area contributed by atoms with Gasteiger partial charge in [0.25, 0.3) is 10.0 Å². The molecule has 2 aliphatic rings. The van der Waals surface area contributed by atoms with Gasteiger partial charge in [0.15, 0.2) is 5.03 Å². The predicted molar refractivity (Wildman–Crippen MR) is 91.8 cm³/mol. The van der Waals surface area contributed by atoms with E-state index in [4.69, 9.17) is 4.74 Å². The van der Waals surface area contributed by atoms with Gasteiger partial charge in [0, 0.05) is 38.2 Å². The Kier molecular flexibility index (Phi) is 4.07. The fraction of sp³-hybridized carbons (Fsp3) is 0.625. The van der Waals surface area contributed by atoms with Gasteiger partial charge in [-0.15, -0.1) is 0 Å². The van der Waals surface area contributed by atoms with Crippen molar-refractivity contribution in [3.05, 3.63) is 23.5 Å². The van der Waals surface area contributed by atoms with Crippen LogP contribution in [0.2, 0.25) is 0 Å². The number of hydrogen-bond donors (Lipinski definition) is 1. The molecule has 2 fully saturated rings. The molecule has 1 aliphatic carbocycles. The van der Waals surface area contributed by atoms with Crippen LogP contribution in [0.3, 0.4) is 0 Å². The predicted octanol–water partition coefficient (Wildman–Crippen LogP) is 2.17. The molecule has 1 saturated heterocycles. The highest BCUT2D eigenvalue weighted by Crippen LogP contribution is 2.40. The van der Waals surface area contributed by atoms with E-state index in [0.717, 1.165) is 43.7 Å². The summed E-state index contributed by atoms with van der Waals surface area (Å²) in [5.74, 6) is 0.840. The number of hydrogen-bond acceptors (Lipinski definition) is 5. The Labute approximate surface area is 147 Å². The molecular formula is C16H23N5O3S. The molecule has 8 nitrogen and oxygen atoms in total. The Hall–Kier alpha value is -1.87. The van der Waals surface area contributed by atoms with Crippen molar-refractivity contribution in [2.24, 2.45) is 7.05 Å². The molecule has 4 rings (SSSR count). The molecule has 9 heteroatoms. The zero-order valence-corrected chi connectivity index (χ0v) is 15.3. The average molecular weight is 365 g/mol. The third-order valence-corrected chi connectivity index (χ3v) is 6.09. The molecule has 136 valence electrons. The molecule has 1 N–H and O–H groups in total. The standard InChI is InChI=1S/C16H23N5O3S/c1-3-21-16(10-12(18-21)11-6-7-11)25(22,23)19-15-9-13(17-20(15)2)14-5-4-8-24-14/h9-11,14,19H,3-8H2,1-2H3. The highest BCUT2D eigenvalue weighted by Gasteiger charge is 2.31. The molecule has 2 aromatic rings. The summed E-state index contributed by atoms with van der Waals surface area (Å²) in [6, 6.07) is 3.45. The van der Waals surface area contributed by atoms with Gasteiger partial charge in [-0.25, -0.2) is 0 Å².